The maximum absolute atomic E-state index is 12.1. The number of thioether (sulfide) groups is 1. The third-order valence-corrected chi connectivity index (χ3v) is 5.85. The van der Waals surface area contributed by atoms with Crippen LogP contribution >= 0.6 is 11.8 Å². The van der Waals surface area contributed by atoms with Crippen molar-refractivity contribution in [2.75, 3.05) is 25.9 Å². The molecular weight excluding hydrogens is 332 g/mol. The second-order valence-corrected chi connectivity index (χ2v) is 9.14. The van der Waals surface area contributed by atoms with Gasteiger partial charge in [-0.05, 0) is 31.9 Å². The number of piperidine rings is 1. The summed E-state index contributed by atoms with van der Waals surface area (Å²) in [6.45, 7) is 3.77. The molecule has 0 unspecified atom stereocenters. The molecule has 5 nitrogen and oxygen atoms in total. The molecule has 23 heavy (non-hydrogen) atoms. The minimum absolute atomic E-state index is 0.0279. The number of carbonyl (C=O) groups is 1. The van der Waals surface area contributed by atoms with E-state index in [9.17, 15) is 13.2 Å². The fourth-order valence-electron chi connectivity index (χ4n) is 2.61. The highest BCUT2D eigenvalue weighted by molar-refractivity contribution is 8.00. The van der Waals surface area contributed by atoms with Gasteiger partial charge >= 0.3 is 0 Å². The number of hydrogen-bond acceptors (Lipinski definition) is 4. The van der Waals surface area contributed by atoms with Crippen molar-refractivity contribution < 1.29 is 13.2 Å². The first-order valence-corrected chi connectivity index (χ1v) is 10.6. The molecule has 0 radical (unpaired) electrons. The van der Waals surface area contributed by atoms with Crippen LogP contribution in [0, 0.1) is 6.92 Å². The number of likely N-dealkylation sites (tertiary alicyclic amines) is 1. The zero-order valence-electron chi connectivity index (χ0n) is 13.6. The second kappa shape index (κ2) is 8.17. The molecule has 128 valence electrons. The molecule has 7 heteroatoms. The van der Waals surface area contributed by atoms with Crippen molar-refractivity contribution in [1.29, 1.82) is 0 Å². The van der Waals surface area contributed by atoms with Gasteiger partial charge in [0.2, 0.25) is 15.9 Å². The fourth-order valence-corrected chi connectivity index (χ4v) is 4.32. The lowest BCUT2D eigenvalue weighted by Crippen LogP contribution is -2.40. The molecule has 0 aromatic heterocycles. The quantitative estimate of drug-likeness (QED) is 0.847. The summed E-state index contributed by atoms with van der Waals surface area (Å²) in [5, 5.41) is 0.537. The number of sulfonamides is 1. The van der Waals surface area contributed by atoms with E-state index in [1.165, 1.54) is 10.5 Å². The maximum atomic E-state index is 12.1. The third-order valence-electron chi connectivity index (χ3n) is 3.79. The largest absolute Gasteiger partial charge is 0.343 e. The topological polar surface area (TPSA) is 66.5 Å². The van der Waals surface area contributed by atoms with Crippen molar-refractivity contribution in [1.82, 2.24) is 9.62 Å². The average molecular weight is 357 g/mol. The van der Waals surface area contributed by atoms with Crippen LogP contribution in [0.15, 0.2) is 29.2 Å². The Morgan fingerprint density at radius 2 is 2.04 bits per heavy atom. The van der Waals surface area contributed by atoms with Gasteiger partial charge in [-0.3, -0.25) is 4.79 Å². The molecule has 1 N–H and O–H groups in total. The number of aryl methyl sites for hydroxylation is 1. The molecule has 0 saturated carbocycles. The molecule has 1 aliphatic rings. The van der Waals surface area contributed by atoms with Crippen LogP contribution in [0.3, 0.4) is 0 Å². The van der Waals surface area contributed by atoms with Gasteiger partial charge in [-0.25, -0.2) is 13.1 Å². The number of nitrogens with zero attached hydrogens (tertiary/aromatic N) is 1. The van der Waals surface area contributed by atoms with Gasteiger partial charge in [0.05, 0.1) is 6.26 Å². The summed E-state index contributed by atoms with van der Waals surface area (Å²) in [6.07, 6.45) is 3.28. The third kappa shape index (κ3) is 6.53. The van der Waals surface area contributed by atoms with Crippen molar-refractivity contribution in [3.05, 3.63) is 29.8 Å². The van der Waals surface area contributed by atoms with Crippen molar-refractivity contribution in [2.24, 2.45) is 0 Å². The van der Waals surface area contributed by atoms with Crippen molar-refractivity contribution in [2.45, 2.75) is 36.3 Å². The zero-order valence-corrected chi connectivity index (χ0v) is 15.3. The van der Waals surface area contributed by atoms with Gasteiger partial charge in [0.25, 0.3) is 0 Å². The van der Waals surface area contributed by atoms with E-state index in [2.05, 4.69) is 35.9 Å². The number of benzene rings is 1. The Morgan fingerprint density at radius 3 is 2.65 bits per heavy atom. The Labute approximate surface area is 142 Å². The first-order chi connectivity index (χ1) is 10.8. The first-order valence-electron chi connectivity index (χ1n) is 7.79. The molecule has 0 bridgehead atoms. The molecule has 1 heterocycles. The molecule has 1 aliphatic heterocycles. The van der Waals surface area contributed by atoms with Crippen LogP contribution in [-0.2, 0) is 14.8 Å². The maximum Gasteiger partial charge on any atom is 0.223 e. The molecule has 1 aromatic carbocycles. The Bertz CT molecular complexity index is 638. The number of amides is 1. The molecule has 1 fully saturated rings. The van der Waals surface area contributed by atoms with Crippen LogP contribution < -0.4 is 4.72 Å². The normalized spacial score (nSPS) is 16.5. The molecule has 1 amide bonds. The van der Waals surface area contributed by atoms with E-state index in [1.54, 1.807) is 0 Å². The molecular formula is C16H24N2O3S2. The van der Waals surface area contributed by atoms with Crippen LogP contribution in [0.25, 0.3) is 0 Å². The Hall–Kier alpha value is -1.05. The summed E-state index contributed by atoms with van der Waals surface area (Å²) in [7, 11) is -3.22. The Kier molecular flexibility index (Phi) is 6.50. The highest BCUT2D eigenvalue weighted by Crippen LogP contribution is 2.30. The zero-order chi connectivity index (χ0) is 16.9. The van der Waals surface area contributed by atoms with Crippen molar-refractivity contribution >= 4 is 27.7 Å². The van der Waals surface area contributed by atoms with Crippen molar-refractivity contribution in [3.8, 4) is 0 Å². The van der Waals surface area contributed by atoms with E-state index < -0.39 is 10.0 Å². The summed E-state index contributed by atoms with van der Waals surface area (Å²) in [5.41, 5.74) is 1.26. The molecule has 2 rings (SSSR count). The van der Waals surface area contributed by atoms with Crippen LogP contribution in [0.4, 0.5) is 0 Å². The van der Waals surface area contributed by atoms with E-state index in [1.807, 2.05) is 16.7 Å². The Morgan fingerprint density at radius 1 is 1.35 bits per heavy atom. The molecule has 0 atom stereocenters. The highest BCUT2D eigenvalue weighted by atomic mass is 32.2. The molecule has 1 aromatic rings. The summed E-state index contributed by atoms with van der Waals surface area (Å²) in [6, 6.07) is 8.49. The van der Waals surface area contributed by atoms with Gasteiger partial charge in [0.15, 0.2) is 0 Å². The predicted molar refractivity (Wildman–Crippen MR) is 94.1 cm³/mol. The number of rotatable bonds is 6. The number of nitrogens with one attached hydrogen (secondary N) is 1. The van der Waals surface area contributed by atoms with E-state index in [4.69, 9.17) is 0 Å². The summed E-state index contributed by atoms with van der Waals surface area (Å²) >= 11 is 1.88. The predicted octanol–water partition coefficient (Wildman–Crippen LogP) is 2.02. The lowest BCUT2D eigenvalue weighted by molar-refractivity contribution is -0.131. The van der Waals surface area contributed by atoms with Gasteiger partial charge in [-0.15, -0.1) is 11.8 Å². The number of hydrogen-bond donors (Lipinski definition) is 1. The molecule has 1 saturated heterocycles. The van der Waals surface area contributed by atoms with Crippen LogP contribution in [0.2, 0.25) is 0 Å². The summed E-state index contributed by atoms with van der Waals surface area (Å²) < 4.78 is 24.3. The SMILES string of the molecule is Cc1cccc(SC2CCN(C(=O)CCNS(C)(=O)=O)CC2)c1. The van der Waals surface area contributed by atoms with Crippen molar-refractivity contribution in [3.63, 3.8) is 0 Å². The minimum atomic E-state index is -3.22. The lowest BCUT2D eigenvalue weighted by Gasteiger charge is -2.31. The van der Waals surface area contributed by atoms with Crippen LogP contribution in [0.1, 0.15) is 24.8 Å². The average Bonchev–Trinajstić information content (AvgIpc) is 2.46. The van der Waals surface area contributed by atoms with Gasteiger partial charge < -0.3 is 4.90 Å². The van der Waals surface area contributed by atoms with Gasteiger partial charge in [0, 0.05) is 36.2 Å². The van der Waals surface area contributed by atoms with Crippen LogP contribution in [-0.4, -0.2) is 50.4 Å². The van der Waals surface area contributed by atoms with Crippen LogP contribution in [0.5, 0.6) is 0 Å². The Balaban J connectivity index is 1.74. The van der Waals surface area contributed by atoms with Gasteiger partial charge in [-0.1, -0.05) is 17.7 Å². The fraction of sp³-hybridized carbons (Fsp3) is 0.562. The summed E-state index contributed by atoms with van der Waals surface area (Å²) in [5.74, 6) is 0.0279. The van der Waals surface area contributed by atoms with Gasteiger partial charge in [-0.2, -0.15) is 0 Å². The second-order valence-electron chi connectivity index (χ2n) is 5.93. The molecule has 0 aliphatic carbocycles. The van der Waals surface area contributed by atoms with E-state index >= 15 is 0 Å². The summed E-state index contributed by atoms with van der Waals surface area (Å²) in [4.78, 5) is 15.2. The smallest absolute Gasteiger partial charge is 0.223 e. The monoisotopic (exact) mass is 356 g/mol. The minimum Gasteiger partial charge on any atom is -0.343 e. The standard InChI is InChI=1S/C16H24N2O3S2/c1-13-4-3-5-15(12-13)22-14-7-10-18(11-8-14)16(19)6-9-17-23(2,20)21/h3-5,12,14,17H,6-11H2,1-2H3. The van der Waals surface area contributed by atoms with E-state index in [-0.39, 0.29) is 18.9 Å². The first kappa shape index (κ1) is 18.3. The van der Waals surface area contributed by atoms with Gasteiger partial charge in [0.1, 0.15) is 0 Å². The lowest BCUT2D eigenvalue weighted by atomic mass is 10.1. The van der Waals surface area contributed by atoms with E-state index in [0.29, 0.717) is 5.25 Å². The number of carbonyl (C=O) groups excluding carboxylic acids is 1. The molecule has 0 spiro atoms. The highest BCUT2D eigenvalue weighted by Gasteiger charge is 2.23. The van der Waals surface area contributed by atoms with E-state index in [0.717, 1.165) is 32.2 Å².